The summed E-state index contributed by atoms with van der Waals surface area (Å²) in [5, 5.41) is 2.88. The number of rotatable bonds is 5. The molecule has 0 radical (unpaired) electrons. The summed E-state index contributed by atoms with van der Waals surface area (Å²) in [7, 11) is 1.91. The molecule has 0 aliphatic rings. The van der Waals surface area contributed by atoms with Crippen LogP contribution in [0.4, 0.5) is 10.1 Å². The zero-order valence-corrected chi connectivity index (χ0v) is 14.2. The topological polar surface area (TPSA) is 33.5 Å². The van der Waals surface area contributed by atoms with Gasteiger partial charge in [-0.2, -0.15) is 0 Å². The smallest absolute Gasteiger partial charge is 0.279 e. The molecule has 2 N–H and O–H groups in total. The Kier molecular flexibility index (Phi) is 5.69. The number of hydrogen-bond donors (Lipinski definition) is 2. The van der Waals surface area contributed by atoms with Crippen molar-refractivity contribution >= 4 is 27.5 Å². The maximum Gasteiger partial charge on any atom is 0.279 e. The number of carbonyl (C=O) groups is 1. The number of anilines is 1. The van der Waals surface area contributed by atoms with Crippen molar-refractivity contribution in [3.63, 3.8) is 0 Å². The van der Waals surface area contributed by atoms with Crippen LogP contribution in [0.5, 0.6) is 0 Å². The predicted octanol–water partition coefficient (Wildman–Crippen LogP) is 2.55. The molecule has 2 rings (SSSR count). The third kappa shape index (κ3) is 4.93. The summed E-state index contributed by atoms with van der Waals surface area (Å²) in [5.41, 5.74) is 2.76. The molecule has 1 atom stereocenters. The number of aryl methyl sites for hydroxylation is 1. The molecule has 0 aliphatic heterocycles. The summed E-state index contributed by atoms with van der Waals surface area (Å²) in [6.45, 7) is 2.91. The molecule has 0 spiro atoms. The van der Waals surface area contributed by atoms with E-state index in [1.54, 1.807) is 6.07 Å². The van der Waals surface area contributed by atoms with Gasteiger partial charge in [-0.05, 0) is 52.7 Å². The van der Waals surface area contributed by atoms with Crippen molar-refractivity contribution in [2.45, 2.75) is 13.5 Å². The number of quaternary nitrogens is 1. The van der Waals surface area contributed by atoms with Gasteiger partial charge in [0.05, 0.1) is 12.7 Å². The van der Waals surface area contributed by atoms with Crippen LogP contribution in [0.15, 0.2) is 46.9 Å². The summed E-state index contributed by atoms with van der Waals surface area (Å²) < 4.78 is 14.0. The average Bonchev–Trinajstić information content (AvgIpc) is 2.41. The Morgan fingerprint density at radius 2 is 2.05 bits per heavy atom. The molecule has 0 aromatic heterocycles. The number of hydrogen-bond acceptors (Lipinski definition) is 1. The van der Waals surface area contributed by atoms with E-state index in [-0.39, 0.29) is 11.7 Å². The van der Waals surface area contributed by atoms with Crippen molar-refractivity contribution in [1.29, 1.82) is 0 Å². The van der Waals surface area contributed by atoms with Gasteiger partial charge in [0, 0.05) is 10.0 Å². The first-order valence-electron chi connectivity index (χ1n) is 7.06. The van der Waals surface area contributed by atoms with E-state index in [0.717, 1.165) is 26.2 Å². The Bertz CT molecular complexity index is 675. The summed E-state index contributed by atoms with van der Waals surface area (Å²) in [4.78, 5) is 13.1. The maximum absolute atomic E-state index is 13.2. The van der Waals surface area contributed by atoms with Gasteiger partial charge in [0.2, 0.25) is 0 Å². The molecule has 3 nitrogen and oxygen atoms in total. The first kappa shape index (κ1) is 16.6. The van der Waals surface area contributed by atoms with Crippen LogP contribution in [0.3, 0.4) is 0 Å². The second kappa shape index (κ2) is 7.51. The first-order chi connectivity index (χ1) is 10.4. The highest BCUT2D eigenvalue weighted by Gasteiger charge is 2.12. The number of carbonyl (C=O) groups excluding carboxylic acids is 1. The van der Waals surface area contributed by atoms with Gasteiger partial charge in [0.15, 0.2) is 6.54 Å². The minimum atomic E-state index is -0.252. The average molecular weight is 366 g/mol. The van der Waals surface area contributed by atoms with Crippen LogP contribution in [0.2, 0.25) is 0 Å². The van der Waals surface area contributed by atoms with Crippen molar-refractivity contribution < 1.29 is 14.1 Å². The lowest BCUT2D eigenvalue weighted by atomic mass is 10.2. The van der Waals surface area contributed by atoms with E-state index in [9.17, 15) is 9.18 Å². The Labute approximate surface area is 138 Å². The predicted molar refractivity (Wildman–Crippen MR) is 89.4 cm³/mol. The monoisotopic (exact) mass is 365 g/mol. The summed E-state index contributed by atoms with van der Waals surface area (Å²) in [6, 6.07) is 12.2. The van der Waals surface area contributed by atoms with Gasteiger partial charge in [-0.15, -0.1) is 0 Å². The highest BCUT2D eigenvalue weighted by Crippen LogP contribution is 2.22. The van der Waals surface area contributed by atoms with Crippen LogP contribution in [0.1, 0.15) is 11.1 Å². The largest absolute Gasteiger partial charge is 0.326 e. The van der Waals surface area contributed by atoms with Crippen molar-refractivity contribution in [2.24, 2.45) is 0 Å². The van der Waals surface area contributed by atoms with Crippen LogP contribution in [0.25, 0.3) is 0 Å². The number of likely N-dealkylation sites (N-methyl/N-ethyl adjacent to an activating group) is 1. The Hall–Kier alpha value is -1.72. The van der Waals surface area contributed by atoms with E-state index in [0.29, 0.717) is 13.1 Å². The molecule has 1 unspecified atom stereocenters. The van der Waals surface area contributed by atoms with Crippen LogP contribution >= 0.6 is 15.9 Å². The van der Waals surface area contributed by atoms with Gasteiger partial charge >= 0.3 is 0 Å². The lowest BCUT2D eigenvalue weighted by Gasteiger charge is -2.14. The quantitative estimate of drug-likeness (QED) is 0.838. The van der Waals surface area contributed by atoms with Crippen molar-refractivity contribution in [3.8, 4) is 0 Å². The van der Waals surface area contributed by atoms with Gasteiger partial charge in [0.1, 0.15) is 12.4 Å². The van der Waals surface area contributed by atoms with Crippen molar-refractivity contribution in [2.75, 3.05) is 18.9 Å². The molecule has 0 fully saturated rings. The van der Waals surface area contributed by atoms with Gasteiger partial charge in [-0.25, -0.2) is 4.39 Å². The lowest BCUT2D eigenvalue weighted by molar-refractivity contribution is -0.885. The Balaban J connectivity index is 1.91. The fourth-order valence-corrected chi connectivity index (χ4v) is 2.84. The third-order valence-electron chi connectivity index (χ3n) is 3.26. The zero-order chi connectivity index (χ0) is 16.1. The van der Waals surface area contributed by atoms with E-state index >= 15 is 0 Å². The van der Waals surface area contributed by atoms with E-state index < -0.39 is 0 Å². The molecule has 1 amide bonds. The molecule has 116 valence electrons. The van der Waals surface area contributed by atoms with E-state index in [1.165, 1.54) is 12.1 Å². The molecule has 0 heterocycles. The normalized spacial score (nSPS) is 12.0. The fourth-order valence-electron chi connectivity index (χ4n) is 2.25. The Morgan fingerprint density at radius 3 is 2.73 bits per heavy atom. The molecule has 0 bridgehead atoms. The van der Waals surface area contributed by atoms with Crippen LogP contribution in [0, 0.1) is 12.7 Å². The Morgan fingerprint density at radius 1 is 1.27 bits per heavy atom. The van der Waals surface area contributed by atoms with Crippen LogP contribution in [-0.4, -0.2) is 19.5 Å². The molecule has 22 heavy (non-hydrogen) atoms. The van der Waals surface area contributed by atoms with Crippen molar-refractivity contribution in [1.82, 2.24) is 0 Å². The molecule has 2 aromatic carbocycles. The van der Waals surface area contributed by atoms with Gasteiger partial charge in [-0.3, -0.25) is 4.79 Å². The molecule has 5 heteroatoms. The van der Waals surface area contributed by atoms with E-state index in [4.69, 9.17) is 0 Å². The van der Waals surface area contributed by atoms with Crippen LogP contribution in [-0.2, 0) is 11.3 Å². The lowest BCUT2D eigenvalue weighted by Crippen LogP contribution is -3.08. The molecule has 0 saturated heterocycles. The summed E-state index contributed by atoms with van der Waals surface area (Å²) >= 11 is 3.44. The highest BCUT2D eigenvalue weighted by molar-refractivity contribution is 9.10. The number of halogens is 2. The molecular weight excluding hydrogens is 347 g/mol. The fraction of sp³-hybridized carbons (Fsp3) is 0.235. The van der Waals surface area contributed by atoms with Gasteiger partial charge in [-0.1, -0.05) is 18.2 Å². The number of benzene rings is 2. The second-order valence-corrected chi connectivity index (χ2v) is 6.33. The molecule has 0 aliphatic carbocycles. The minimum absolute atomic E-state index is 0.0709. The summed E-state index contributed by atoms with van der Waals surface area (Å²) in [6.07, 6.45) is 0. The number of amides is 1. The molecule has 0 saturated carbocycles. The van der Waals surface area contributed by atoms with Crippen molar-refractivity contribution in [3.05, 3.63) is 63.9 Å². The maximum atomic E-state index is 13.2. The minimum Gasteiger partial charge on any atom is -0.326 e. The van der Waals surface area contributed by atoms with E-state index in [2.05, 4.69) is 21.2 Å². The highest BCUT2D eigenvalue weighted by atomic mass is 79.9. The second-order valence-electron chi connectivity index (χ2n) is 5.47. The van der Waals surface area contributed by atoms with Crippen LogP contribution < -0.4 is 10.2 Å². The SMILES string of the molecule is Cc1ccc(NC(=O)C[NH+](C)Cc2cccc(F)c2)c(Br)c1. The third-order valence-corrected chi connectivity index (χ3v) is 3.91. The number of nitrogens with one attached hydrogen (secondary N) is 2. The summed E-state index contributed by atoms with van der Waals surface area (Å²) in [5.74, 6) is -0.322. The van der Waals surface area contributed by atoms with Gasteiger partial charge < -0.3 is 10.2 Å². The molecular formula is C17H19BrFN2O+. The van der Waals surface area contributed by atoms with E-state index in [1.807, 2.05) is 38.2 Å². The first-order valence-corrected chi connectivity index (χ1v) is 7.85. The molecule has 2 aromatic rings. The zero-order valence-electron chi connectivity index (χ0n) is 12.6. The van der Waals surface area contributed by atoms with Gasteiger partial charge in [0.25, 0.3) is 5.91 Å². The standard InChI is InChI=1S/C17H18BrFN2O/c1-12-6-7-16(15(18)8-12)20-17(22)11-21(2)10-13-4-3-5-14(19)9-13/h3-9H,10-11H2,1-2H3,(H,20,22)/p+1.